The molecule has 1 atom stereocenters. The zero-order valence-electron chi connectivity index (χ0n) is 15.8. The van der Waals surface area contributed by atoms with Crippen molar-refractivity contribution in [2.24, 2.45) is 0 Å². The number of nitrogens with one attached hydrogen (secondary N) is 3. The number of pyridine rings is 2. The zero-order chi connectivity index (χ0) is 21.2. The van der Waals surface area contributed by atoms with Gasteiger partial charge in [-0.05, 0) is 35.7 Å². The summed E-state index contributed by atoms with van der Waals surface area (Å²) >= 11 is 0. The summed E-state index contributed by atoms with van der Waals surface area (Å²) in [5.41, 5.74) is 1.12. The van der Waals surface area contributed by atoms with E-state index in [4.69, 9.17) is 0 Å². The maximum Gasteiger partial charge on any atom is 0.412 e. The lowest BCUT2D eigenvalue weighted by atomic mass is 10.0. The average Bonchev–Trinajstić information content (AvgIpc) is 2.68. The molecule has 1 saturated heterocycles. The van der Waals surface area contributed by atoms with Crippen LogP contribution >= 0.6 is 0 Å². The molecule has 2 aromatic heterocycles. The highest BCUT2D eigenvalue weighted by atomic mass is 19.4. The molecule has 0 aromatic carbocycles. The van der Waals surface area contributed by atoms with Crippen molar-refractivity contribution >= 4 is 17.7 Å². The van der Waals surface area contributed by atoms with Gasteiger partial charge in [0.15, 0.2) is 0 Å². The normalized spacial score (nSPS) is 17.1. The molecule has 0 saturated carbocycles. The molecule has 3 heterocycles. The molecule has 2 aromatic rings. The molecular formula is C18H20F3N5O3. The maximum absolute atomic E-state index is 13.4. The Balaban J connectivity index is 2.02. The van der Waals surface area contributed by atoms with E-state index in [1.807, 2.05) is 0 Å². The van der Waals surface area contributed by atoms with Crippen molar-refractivity contribution in [3.05, 3.63) is 40.3 Å². The molecule has 3 rings (SSSR count). The van der Waals surface area contributed by atoms with Gasteiger partial charge in [-0.3, -0.25) is 10.1 Å². The summed E-state index contributed by atoms with van der Waals surface area (Å²) in [5.74, 6) is 0.268. The molecule has 1 aliphatic heterocycles. The highest BCUT2D eigenvalue weighted by molar-refractivity contribution is 5.84. The van der Waals surface area contributed by atoms with Gasteiger partial charge in [-0.1, -0.05) is 0 Å². The van der Waals surface area contributed by atoms with Crippen molar-refractivity contribution in [3.63, 3.8) is 0 Å². The first-order valence-corrected chi connectivity index (χ1v) is 8.79. The third kappa shape index (κ3) is 4.67. The maximum atomic E-state index is 13.4. The van der Waals surface area contributed by atoms with Crippen LogP contribution in [0.5, 0.6) is 0 Å². The second kappa shape index (κ2) is 8.11. The Kier molecular flexibility index (Phi) is 5.78. The Morgan fingerprint density at radius 2 is 2.10 bits per heavy atom. The first kappa shape index (κ1) is 20.6. The Hall–Kier alpha value is -3.08. The fraction of sp³-hybridized carbons (Fsp3) is 0.389. The molecule has 3 N–H and O–H groups in total. The number of H-pyrrole nitrogens is 1. The minimum Gasteiger partial charge on any atom is -0.453 e. The van der Waals surface area contributed by atoms with Gasteiger partial charge in [0.25, 0.3) is 0 Å². The Labute approximate surface area is 164 Å². The Bertz CT molecular complexity index is 960. The molecule has 0 unspecified atom stereocenters. The molecule has 0 aliphatic carbocycles. The van der Waals surface area contributed by atoms with Crippen molar-refractivity contribution in [1.82, 2.24) is 15.3 Å². The number of hydrogen-bond donors (Lipinski definition) is 3. The van der Waals surface area contributed by atoms with E-state index >= 15 is 0 Å². The van der Waals surface area contributed by atoms with Crippen LogP contribution in [0.4, 0.5) is 29.6 Å². The number of ether oxygens (including phenoxy) is 1. The van der Waals surface area contributed by atoms with Gasteiger partial charge in [0.2, 0.25) is 5.56 Å². The summed E-state index contributed by atoms with van der Waals surface area (Å²) < 4.78 is 44.8. The van der Waals surface area contributed by atoms with Gasteiger partial charge in [0, 0.05) is 31.9 Å². The number of piperazine rings is 1. The van der Waals surface area contributed by atoms with Crippen LogP contribution in [0, 0.1) is 6.92 Å². The van der Waals surface area contributed by atoms with E-state index in [0.29, 0.717) is 23.2 Å². The summed E-state index contributed by atoms with van der Waals surface area (Å²) in [6, 6.07) is 2.56. The van der Waals surface area contributed by atoms with Gasteiger partial charge in [-0.25, -0.2) is 9.78 Å². The fourth-order valence-electron chi connectivity index (χ4n) is 3.18. The summed E-state index contributed by atoms with van der Waals surface area (Å²) in [4.78, 5) is 31.3. The number of alkyl halides is 3. The van der Waals surface area contributed by atoms with Gasteiger partial charge < -0.3 is 19.9 Å². The van der Waals surface area contributed by atoms with Crippen molar-refractivity contribution < 1.29 is 22.7 Å². The van der Waals surface area contributed by atoms with Crippen LogP contribution in [0.15, 0.2) is 29.2 Å². The molecule has 1 aliphatic rings. The molecule has 0 bridgehead atoms. The lowest BCUT2D eigenvalue weighted by molar-refractivity contribution is -0.149. The first-order valence-electron chi connectivity index (χ1n) is 8.79. The van der Waals surface area contributed by atoms with E-state index in [9.17, 15) is 22.8 Å². The number of anilines is 2. The van der Waals surface area contributed by atoms with Crippen LogP contribution in [0.3, 0.4) is 0 Å². The Morgan fingerprint density at radius 1 is 1.34 bits per heavy atom. The number of methoxy groups -OCH3 is 1. The SMILES string of the molecule is COC(=O)Nc1cc(-c2cc(N3CCNC[C@@H]3C(F)(F)F)[nH]c(=O)c2)c(C)cn1. The lowest BCUT2D eigenvalue weighted by Crippen LogP contribution is -2.58. The van der Waals surface area contributed by atoms with E-state index in [-0.39, 0.29) is 24.7 Å². The first-order chi connectivity index (χ1) is 13.7. The average molecular weight is 411 g/mol. The van der Waals surface area contributed by atoms with Gasteiger partial charge in [-0.2, -0.15) is 13.2 Å². The molecule has 11 heteroatoms. The molecule has 29 heavy (non-hydrogen) atoms. The third-order valence-corrected chi connectivity index (χ3v) is 4.59. The summed E-state index contributed by atoms with van der Waals surface area (Å²) in [5, 5.41) is 5.15. The van der Waals surface area contributed by atoms with Crippen LogP contribution in [-0.2, 0) is 4.74 Å². The van der Waals surface area contributed by atoms with E-state index in [2.05, 4.69) is 25.3 Å². The molecule has 156 valence electrons. The second-order valence-corrected chi connectivity index (χ2v) is 6.57. The number of carbonyl (C=O) groups excluding carboxylic acids is 1. The van der Waals surface area contributed by atoms with Gasteiger partial charge in [-0.15, -0.1) is 0 Å². The van der Waals surface area contributed by atoms with Crippen molar-refractivity contribution in [2.75, 3.05) is 37.0 Å². The van der Waals surface area contributed by atoms with E-state index in [1.54, 1.807) is 6.92 Å². The molecular weight excluding hydrogens is 391 g/mol. The molecule has 0 spiro atoms. The topological polar surface area (TPSA) is 99.4 Å². The largest absolute Gasteiger partial charge is 0.453 e. The van der Waals surface area contributed by atoms with Gasteiger partial charge in [0.1, 0.15) is 17.7 Å². The van der Waals surface area contributed by atoms with Crippen molar-refractivity contribution in [2.45, 2.75) is 19.1 Å². The number of rotatable bonds is 3. The van der Waals surface area contributed by atoms with E-state index < -0.39 is 23.9 Å². The summed E-state index contributed by atoms with van der Waals surface area (Å²) in [7, 11) is 1.21. The van der Waals surface area contributed by atoms with Crippen LogP contribution in [-0.4, -0.2) is 55.0 Å². The minimum absolute atomic E-state index is 0.0787. The third-order valence-electron chi connectivity index (χ3n) is 4.59. The van der Waals surface area contributed by atoms with E-state index in [0.717, 1.165) is 4.90 Å². The molecule has 8 nitrogen and oxygen atoms in total. The summed E-state index contributed by atoms with van der Waals surface area (Å²) in [6.07, 6.45) is -3.68. The van der Waals surface area contributed by atoms with Crippen molar-refractivity contribution in [1.29, 1.82) is 0 Å². The van der Waals surface area contributed by atoms with Crippen LogP contribution in [0.25, 0.3) is 11.1 Å². The number of aromatic nitrogens is 2. The number of aromatic amines is 1. The fourth-order valence-corrected chi connectivity index (χ4v) is 3.18. The predicted molar refractivity (Wildman–Crippen MR) is 101 cm³/mol. The number of nitrogens with zero attached hydrogens (tertiary/aromatic N) is 2. The van der Waals surface area contributed by atoms with Gasteiger partial charge >= 0.3 is 12.3 Å². The molecule has 1 amide bonds. The lowest BCUT2D eigenvalue weighted by Gasteiger charge is -2.38. The van der Waals surface area contributed by atoms with Gasteiger partial charge in [0.05, 0.1) is 7.11 Å². The monoisotopic (exact) mass is 411 g/mol. The summed E-state index contributed by atoms with van der Waals surface area (Å²) in [6.45, 7) is 1.93. The smallest absolute Gasteiger partial charge is 0.412 e. The Morgan fingerprint density at radius 3 is 2.79 bits per heavy atom. The molecule has 1 fully saturated rings. The highest BCUT2D eigenvalue weighted by Crippen LogP contribution is 2.31. The predicted octanol–water partition coefficient (Wildman–Crippen LogP) is 2.26. The zero-order valence-corrected chi connectivity index (χ0v) is 15.8. The minimum atomic E-state index is -4.45. The van der Waals surface area contributed by atoms with Crippen LogP contribution < -0.4 is 21.1 Å². The van der Waals surface area contributed by atoms with Crippen LogP contribution in [0.2, 0.25) is 0 Å². The number of amides is 1. The molecule has 0 radical (unpaired) electrons. The second-order valence-electron chi connectivity index (χ2n) is 6.57. The quantitative estimate of drug-likeness (QED) is 0.717. The number of hydrogen-bond acceptors (Lipinski definition) is 6. The van der Waals surface area contributed by atoms with Crippen molar-refractivity contribution in [3.8, 4) is 11.1 Å². The number of halogens is 3. The van der Waals surface area contributed by atoms with Crippen LogP contribution in [0.1, 0.15) is 5.56 Å². The highest BCUT2D eigenvalue weighted by Gasteiger charge is 2.45. The number of carbonyl (C=O) groups is 1. The van der Waals surface area contributed by atoms with E-state index in [1.165, 1.54) is 31.5 Å². The number of aryl methyl sites for hydroxylation is 1. The standard InChI is InChI=1S/C18H20F3N5O3/c1-10-8-23-14(24-17(28)29-2)7-12(10)11-5-15(25-16(27)6-11)26-4-3-22-9-13(26)18(19,20)21/h5-8,13,22H,3-4,9H2,1-2H3,(H,25,27)(H,23,24,28)/t13-/m1/s1.